The van der Waals surface area contributed by atoms with Crippen LogP contribution in [0.15, 0.2) is 12.1 Å². The third-order valence-electron chi connectivity index (χ3n) is 4.28. The number of benzene rings is 1. The van der Waals surface area contributed by atoms with Gasteiger partial charge in [0.1, 0.15) is 5.75 Å². The fraction of sp³-hybridized carbons (Fsp3) is 0.625. The summed E-state index contributed by atoms with van der Waals surface area (Å²) < 4.78 is 16.2. The molecule has 1 heterocycles. The van der Waals surface area contributed by atoms with Crippen molar-refractivity contribution < 1.29 is 14.2 Å². The van der Waals surface area contributed by atoms with E-state index in [0.717, 1.165) is 43.1 Å². The van der Waals surface area contributed by atoms with E-state index in [9.17, 15) is 0 Å². The van der Waals surface area contributed by atoms with Crippen LogP contribution >= 0.6 is 0 Å². The van der Waals surface area contributed by atoms with Gasteiger partial charge in [-0.05, 0) is 31.9 Å². The summed E-state index contributed by atoms with van der Waals surface area (Å²) in [7, 11) is 4.96. The lowest BCUT2D eigenvalue weighted by molar-refractivity contribution is 0.250. The van der Waals surface area contributed by atoms with Crippen LogP contribution in [0, 0.1) is 5.92 Å². The van der Waals surface area contributed by atoms with Gasteiger partial charge in [0, 0.05) is 30.8 Å². The molecule has 0 spiro atoms. The van der Waals surface area contributed by atoms with Crippen molar-refractivity contribution in [3.63, 3.8) is 0 Å². The Kier molecular flexibility index (Phi) is 5.31. The van der Waals surface area contributed by atoms with E-state index < -0.39 is 0 Å². The second-order valence-corrected chi connectivity index (χ2v) is 5.63. The fourth-order valence-electron chi connectivity index (χ4n) is 3.04. The number of nitrogens with zero attached hydrogens (tertiary/aromatic N) is 1. The molecule has 2 rings (SSSR count). The molecule has 1 aromatic rings. The van der Waals surface area contributed by atoms with Gasteiger partial charge in [-0.1, -0.05) is 0 Å². The smallest absolute Gasteiger partial charge is 0.164 e. The number of rotatable bonds is 6. The molecule has 0 aromatic heterocycles. The van der Waals surface area contributed by atoms with Crippen molar-refractivity contribution in [2.45, 2.75) is 25.9 Å². The summed E-state index contributed by atoms with van der Waals surface area (Å²) in [5.74, 6) is 2.84. The number of likely N-dealkylation sites (tertiary alicyclic amines) is 1. The van der Waals surface area contributed by atoms with E-state index in [2.05, 4.69) is 11.8 Å². The molecule has 0 aliphatic carbocycles. The maximum absolute atomic E-state index is 5.80. The van der Waals surface area contributed by atoms with Crippen LogP contribution in [0.5, 0.6) is 17.2 Å². The maximum Gasteiger partial charge on any atom is 0.164 e. The first kappa shape index (κ1) is 15.9. The van der Waals surface area contributed by atoms with Gasteiger partial charge < -0.3 is 19.9 Å². The van der Waals surface area contributed by atoms with Crippen molar-refractivity contribution in [2.75, 3.05) is 34.4 Å². The minimum atomic E-state index is 0.538. The van der Waals surface area contributed by atoms with Gasteiger partial charge in [0.2, 0.25) is 0 Å². The molecule has 2 unspecified atom stereocenters. The molecular weight excluding hydrogens is 268 g/mol. The predicted octanol–water partition coefficient (Wildman–Crippen LogP) is 1.88. The van der Waals surface area contributed by atoms with E-state index in [0.29, 0.717) is 17.7 Å². The molecule has 0 bridgehead atoms. The molecule has 5 heteroatoms. The Labute approximate surface area is 127 Å². The van der Waals surface area contributed by atoms with Crippen LogP contribution in [0.25, 0.3) is 0 Å². The standard InChI is InChI=1S/C16H26N2O3/c1-11-5-12(8-17)9-18(11)10-13-6-15(20-3)16(21-4)7-14(13)19-2/h6-7,11-12H,5,8-10,17H2,1-4H3. The highest BCUT2D eigenvalue weighted by molar-refractivity contribution is 5.50. The average molecular weight is 294 g/mol. The SMILES string of the molecule is COc1cc(OC)c(OC)cc1CN1CC(CN)CC1C. The molecule has 21 heavy (non-hydrogen) atoms. The van der Waals surface area contributed by atoms with Gasteiger partial charge >= 0.3 is 0 Å². The molecule has 2 atom stereocenters. The molecule has 5 nitrogen and oxygen atoms in total. The minimum absolute atomic E-state index is 0.538. The highest BCUT2D eigenvalue weighted by atomic mass is 16.5. The van der Waals surface area contributed by atoms with Gasteiger partial charge in [0.05, 0.1) is 21.3 Å². The van der Waals surface area contributed by atoms with E-state index in [1.807, 2.05) is 12.1 Å². The molecule has 118 valence electrons. The van der Waals surface area contributed by atoms with Crippen molar-refractivity contribution >= 4 is 0 Å². The molecule has 0 radical (unpaired) electrons. The van der Waals surface area contributed by atoms with Crippen molar-refractivity contribution in [1.29, 1.82) is 0 Å². The summed E-state index contributed by atoms with van der Waals surface area (Å²) in [6.45, 7) is 4.88. The van der Waals surface area contributed by atoms with Crippen LogP contribution in [-0.2, 0) is 6.54 Å². The number of hydrogen-bond acceptors (Lipinski definition) is 5. The monoisotopic (exact) mass is 294 g/mol. The number of ether oxygens (including phenoxy) is 3. The number of nitrogens with two attached hydrogens (primary N) is 1. The molecule has 0 saturated carbocycles. The lowest BCUT2D eigenvalue weighted by Gasteiger charge is -2.23. The Bertz CT molecular complexity index is 479. The zero-order valence-electron chi connectivity index (χ0n) is 13.4. The third kappa shape index (κ3) is 3.41. The zero-order valence-corrected chi connectivity index (χ0v) is 13.4. The Morgan fingerprint density at radius 3 is 2.24 bits per heavy atom. The predicted molar refractivity (Wildman–Crippen MR) is 83.1 cm³/mol. The van der Waals surface area contributed by atoms with Crippen molar-refractivity contribution in [2.24, 2.45) is 11.7 Å². The van der Waals surface area contributed by atoms with Crippen LogP contribution in [0.1, 0.15) is 18.9 Å². The highest BCUT2D eigenvalue weighted by Crippen LogP contribution is 2.36. The topological polar surface area (TPSA) is 57.0 Å². The molecular formula is C16H26N2O3. The first-order chi connectivity index (χ1) is 10.1. The Morgan fingerprint density at radius 1 is 1.10 bits per heavy atom. The second-order valence-electron chi connectivity index (χ2n) is 5.63. The third-order valence-corrected chi connectivity index (χ3v) is 4.28. The van der Waals surface area contributed by atoms with Gasteiger partial charge in [-0.25, -0.2) is 0 Å². The lowest BCUT2D eigenvalue weighted by atomic mass is 10.1. The van der Waals surface area contributed by atoms with E-state index in [-0.39, 0.29) is 0 Å². The minimum Gasteiger partial charge on any atom is -0.496 e. The van der Waals surface area contributed by atoms with Crippen LogP contribution in [0.2, 0.25) is 0 Å². The summed E-state index contributed by atoms with van der Waals surface area (Å²) in [6, 6.07) is 4.42. The zero-order chi connectivity index (χ0) is 15.4. The summed E-state index contributed by atoms with van der Waals surface area (Å²) in [5.41, 5.74) is 6.91. The number of methoxy groups -OCH3 is 3. The van der Waals surface area contributed by atoms with Crippen LogP contribution in [0.4, 0.5) is 0 Å². The fourth-order valence-corrected chi connectivity index (χ4v) is 3.04. The van der Waals surface area contributed by atoms with Crippen molar-refractivity contribution in [3.05, 3.63) is 17.7 Å². The summed E-state index contributed by atoms with van der Waals surface area (Å²) in [5, 5.41) is 0. The van der Waals surface area contributed by atoms with Gasteiger partial charge in [-0.2, -0.15) is 0 Å². The molecule has 1 fully saturated rings. The normalized spacial score (nSPS) is 22.3. The first-order valence-corrected chi connectivity index (χ1v) is 7.35. The van der Waals surface area contributed by atoms with E-state index in [1.54, 1.807) is 21.3 Å². The summed E-state index contributed by atoms with van der Waals surface area (Å²) in [6.07, 6.45) is 1.16. The van der Waals surface area contributed by atoms with Crippen molar-refractivity contribution in [1.82, 2.24) is 4.90 Å². The Morgan fingerprint density at radius 2 is 1.71 bits per heavy atom. The summed E-state index contributed by atoms with van der Waals surface area (Å²) in [4.78, 5) is 2.45. The van der Waals surface area contributed by atoms with E-state index in [1.165, 1.54) is 0 Å². The Hall–Kier alpha value is -1.46. The quantitative estimate of drug-likeness (QED) is 0.868. The average Bonchev–Trinajstić information content (AvgIpc) is 2.87. The largest absolute Gasteiger partial charge is 0.496 e. The van der Waals surface area contributed by atoms with Crippen molar-refractivity contribution in [3.8, 4) is 17.2 Å². The Balaban J connectivity index is 2.22. The summed E-state index contributed by atoms with van der Waals surface area (Å²) >= 11 is 0. The van der Waals surface area contributed by atoms with Crippen LogP contribution in [0.3, 0.4) is 0 Å². The maximum atomic E-state index is 5.80. The second kappa shape index (κ2) is 7.00. The molecule has 1 saturated heterocycles. The van der Waals surface area contributed by atoms with Gasteiger partial charge in [0.25, 0.3) is 0 Å². The van der Waals surface area contributed by atoms with Crippen LogP contribution < -0.4 is 19.9 Å². The van der Waals surface area contributed by atoms with Gasteiger partial charge in [0.15, 0.2) is 11.5 Å². The molecule has 0 amide bonds. The van der Waals surface area contributed by atoms with Crippen LogP contribution in [-0.4, -0.2) is 45.4 Å². The highest BCUT2D eigenvalue weighted by Gasteiger charge is 2.28. The lowest BCUT2D eigenvalue weighted by Crippen LogP contribution is -2.27. The van der Waals surface area contributed by atoms with E-state index >= 15 is 0 Å². The van der Waals surface area contributed by atoms with Gasteiger partial charge in [-0.15, -0.1) is 0 Å². The van der Waals surface area contributed by atoms with E-state index in [4.69, 9.17) is 19.9 Å². The number of hydrogen-bond donors (Lipinski definition) is 1. The molecule has 1 aromatic carbocycles. The molecule has 1 aliphatic heterocycles. The molecule has 1 aliphatic rings. The first-order valence-electron chi connectivity index (χ1n) is 7.35. The van der Waals surface area contributed by atoms with Gasteiger partial charge in [-0.3, -0.25) is 4.90 Å². The molecule has 2 N–H and O–H groups in total.